The van der Waals surface area contributed by atoms with E-state index in [1.807, 2.05) is 22.4 Å². The smallest absolute Gasteiger partial charge is 0.227 e. The summed E-state index contributed by atoms with van der Waals surface area (Å²) in [6.07, 6.45) is 1.22. The summed E-state index contributed by atoms with van der Waals surface area (Å²) in [6, 6.07) is 4.11. The monoisotopic (exact) mass is 328 g/mol. The topological polar surface area (TPSA) is 57.7 Å². The van der Waals surface area contributed by atoms with Crippen molar-refractivity contribution < 1.29 is 13.2 Å². The third kappa shape index (κ3) is 3.64. The van der Waals surface area contributed by atoms with Gasteiger partial charge in [0.15, 0.2) is 9.84 Å². The fourth-order valence-electron chi connectivity index (χ4n) is 3.07. The Hall–Kier alpha value is -0.920. The Balaban J connectivity index is 1.50. The molecule has 0 bridgehead atoms. The summed E-state index contributed by atoms with van der Waals surface area (Å²) in [6.45, 7) is 2.99. The third-order valence-electron chi connectivity index (χ3n) is 4.30. The van der Waals surface area contributed by atoms with Crippen molar-refractivity contribution >= 4 is 27.1 Å². The highest BCUT2D eigenvalue weighted by Gasteiger charge is 2.34. The summed E-state index contributed by atoms with van der Waals surface area (Å²) in [7, 11) is -2.83. The number of rotatable bonds is 3. The molecule has 0 unspecified atom stereocenters. The van der Waals surface area contributed by atoms with Crippen LogP contribution in [0.25, 0.3) is 0 Å². The first-order chi connectivity index (χ1) is 10.0. The first-order valence-electron chi connectivity index (χ1n) is 7.28. The summed E-state index contributed by atoms with van der Waals surface area (Å²) in [4.78, 5) is 17.5. The van der Waals surface area contributed by atoms with Crippen LogP contribution in [0.2, 0.25) is 0 Å². The Morgan fingerprint density at radius 2 is 2.05 bits per heavy atom. The van der Waals surface area contributed by atoms with Crippen LogP contribution in [0.1, 0.15) is 11.3 Å². The van der Waals surface area contributed by atoms with E-state index >= 15 is 0 Å². The number of nitrogens with zero attached hydrogens (tertiary/aromatic N) is 2. The lowest BCUT2D eigenvalue weighted by Gasteiger charge is -2.37. The molecular formula is C14H20N2O3S2. The van der Waals surface area contributed by atoms with Gasteiger partial charge in [-0.3, -0.25) is 9.69 Å². The van der Waals surface area contributed by atoms with E-state index in [0.717, 1.165) is 24.4 Å². The van der Waals surface area contributed by atoms with Crippen LogP contribution in [-0.4, -0.2) is 67.9 Å². The van der Waals surface area contributed by atoms with Gasteiger partial charge >= 0.3 is 0 Å². The second-order valence-corrected chi connectivity index (χ2v) is 8.99. The second kappa shape index (κ2) is 6.06. The number of piperazine rings is 1. The zero-order chi connectivity index (χ0) is 14.9. The highest BCUT2D eigenvalue weighted by molar-refractivity contribution is 7.91. The predicted molar refractivity (Wildman–Crippen MR) is 83.2 cm³/mol. The van der Waals surface area contributed by atoms with Crippen LogP contribution in [-0.2, 0) is 21.1 Å². The molecule has 21 heavy (non-hydrogen) atoms. The average Bonchev–Trinajstić information content (AvgIpc) is 3.08. The van der Waals surface area contributed by atoms with Crippen LogP contribution < -0.4 is 0 Å². The molecule has 2 fully saturated rings. The van der Waals surface area contributed by atoms with Crippen molar-refractivity contribution in [1.82, 2.24) is 9.80 Å². The number of sulfone groups is 1. The first kappa shape index (κ1) is 15.0. The molecule has 1 amide bonds. The van der Waals surface area contributed by atoms with E-state index in [9.17, 15) is 13.2 Å². The van der Waals surface area contributed by atoms with Crippen LogP contribution in [0.3, 0.4) is 0 Å². The molecule has 0 aromatic carbocycles. The lowest BCUT2D eigenvalue weighted by atomic mass is 10.2. The molecule has 1 atom stereocenters. The molecule has 0 spiro atoms. The van der Waals surface area contributed by atoms with Gasteiger partial charge in [-0.05, 0) is 17.9 Å². The van der Waals surface area contributed by atoms with Gasteiger partial charge in [0, 0.05) is 37.1 Å². The summed E-state index contributed by atoms with van der Waals surface area (Å²) in [5, 5.41) is 1.99. The van der Waals surface area contributed by atoms with Gasteiger partial charge in [-0.25, -0.2) is 8.42 Å². The summed E-state index contributed by atoms with van der Waals surface area (Å²) in [5.41, 5.74) is 0. The van der Waals surface area contributed by atoms with Crippen molar-refractivity contribution in [3.8, 4) is 0 Å². The van der Waals surface area contributed by atoms with E-state index in [1.165, 1.54) is 0 Å². The van der Waals surface area contributed by atoms with Crippen molar-refractivity contribution in [1.29, 1.82) is 0 Å². The van der Waals surface area contributed by atoms with E-state index in [4.69, 9.17) is 0 Å². The lowest BCUT2D eigenvalue weighted by molar-refractivity contribution is -0.132. The van der Waals surface area contributed by atoms with E-state index in [2.05, 4.69) is 4.90 Å². The number of hydrogen-bond acceptors (Lipinski definition) is 5. The van der Waals surface area contributed by atoms with Crippen molar-refractivity contribution in [2.45, 2.75) is 18.9 Å². The molecule has 1 aromatic rings. The molecule has 0 N–H and O–H groups in total. The number of amides is 1. The molecule has 2 saturated heterocycles. The molecule has 5 nitrogen and oxygen atoms in total. The van der Waals surface area contributed by atoms with Crippen LogP contribution in [0.4, 0.5) is 0 Å². The van der Waals surface area contributed by atoms with Gasteiger partial charge in [0.25, 0.3) is 0 Å². The fraction of sp³-hybridized carbons (Fsp3) is 0.643. The van der Waals surface area contributed by atoms with E-state index in [1.54, 1.807) is 11.3 Å². The van der Waals surface area contributed by atoms with E-state index in [-0.39, 0.29) is 17.7 Å². The quantitative estimate of drug-likeness (QED) is 0.816. The zero-order valence-corrected chi connectivity index (χ0v) is 13.5. The van der Waals surface area contributed by atoms with Crippen molar-refractivity contribution in [2.75, 3.05) is 37.7 Å². The molecular weight excluding hydrogens is 308 g/mol. The van der Waals surface area contributed by atoms with Gasteiger partial charge in [-0.2, -0.15) is 0 Å². The Kier molecular flexibility index (Phi) is 4.33. The minimum atomic E-state index is -2.83. The summed E-state index contributed by atoms with van der Waals surface area (Å²) >= 11 is 1.61. The van der Waals surface area contributed by atoms with E-state index < -0.39 is 9.84 Å². The molecule has 0 aliphatic carbocycles. The largest absolute Gasteiger partial charge is 0.340 e. The third-order valence-corrected chi connectivity index (χ3v) is 6.92. The Bertz CT molecular complexity index is 590. The SMILES string of the molecule is O=C(Cc1cccs1)N1CCN([C@H]2CCS(=O)(=O)C2)CC1. The molecule has 1 aromatic heterocycles. The maximum Gasteiger partial charge on any atom is 0.227 e. The maximum atomic E-state index is 12.2. The molecule has 2 aliphatic rings. The highest BCUT2D eigenvalue weighted by atomic mass is 32.2. The van der Waals surface area contributed by atoms with Gasteiger partial charge in [-0.15, -0.1) is 11.3 Å². The number of hydrogen-bond donors (Lipinski definition) is 0. The van der Waals surface area contributed by atoms with Crippen LogP contribution in [0.5, 0.6) is 0 Å². The van der Waals surface area contributed by atoms with Gasteiger partial charge in [0.05, 0.1) is 17.9 Å². The van der Waals surface area contributed by atoms with Crippen molar-refractivity contribution in [3.05, 3.63) is 22.4 Å². The molecule has 116 valence electrons. The summed E-state index contributed by atoms with van der Waals surface area (Å²) in [5.74, 6) is 0.779. The fourth-order valence-corrected chi connectivity index (χ4v) is 5.53. The molecule has 0 radical (unpaired) electrons. The predicted octanol–water partition coefficient (Wildman–Crippen LogP) is 0.622. The second-order valence-electron chi connectivity index (χ2n) is 5.73. The van der Waals surface area contributed by atoms with Crippen LogP contribution in [0.15, 0.2) is 17.5 Å². The van der Waals surface area contributed by atoms with Gasteiger partial charge in [0.2, 0.25) is 5.91 Å². The minimum Gasteiger partial charge on any atom is -0.340 e. The number of carbonyl (C=O) groups is 1. The summed E-state index contributed by atoms with van der Waals surface area (Å²) < 4.78 is 23.1. The average molecular weight is 328 g/mol. The molecule has 3 heterocycles. The zero-order valence-electron chi connectivity index (χ0n) is 11.9. The van der Waals surface area contributed by atoms with Gasteiger partial charge in [-0.1, -0.05) is 6.07 Å². The van der Waals surface area contributed by atoms with Crippen LogP contribution >= 0.6 is 11.3 Å². The molecule has 3 rings (SSSR count). The standard InChI is InChI=1S/C14H20N2O3S2/c17-14(10-13-2-1-8-20-13)16-6-4-15(5-7-16)12-3-9-21(18,19)11-12/h1-2,8,12H,3-7,9-11H2/t12-/m0/s1. The highest BCUT2D eigenvalue weighted by Crippen LogP contribution is 2.19. The Morgan fingerprint density at radius 3 is 2.62 bits per heavy atom. The van der Waals surface area contributed by atoms with Gasteiger partial charge in [0.1, 0.15) is 0 Å². The Morgan fingerprint density at radius 1 is 1.29 bits per heavy atom. The van der Waals surface area contributed by atoms with Crippen molar-refractivity contribution in [2.24, 2.45) is 0 Å². The van der Waals surface area contributed by atoms with E-state index in [0.29, 0.717) is 25.3 Å². The first-order valence-corrected chi connectivity index (χ1v) is 9.98. The number of carbonyl (C=O) groups excluding carboxylic acids is 1. The minimum absolute atomic E-state index is 0.157. The van der Waals surface area contributed by atoms with Crippen LogP contribution in [0, 0.1) is 0 Å². The maximum absolute atomic E-state index is 12.2. The molecule has 7 heteroatoms. The lowest BCUT2D eigenvalue weighted by Crippen LogP contribution is -2.52. The normalized spacial score (nSPS) is 26.1. The molecule has 2 aliphatic heterocycles. The number of thiophene rings is 1. The Labute approximate surface area is 129 Å². The van der Waals surface area contributed by atoms with Gasteiger partial charge < -0.3 is 4.90 Å². The van der Waals surface area contributed by atoms with Crippen molar-refractivity contribution in [3.63, 3.8) is 0 Å². The molecule has 0 saturated carbocycles.